The normalized spacial score (nSPS) is 11.3. The van der Waals surface area contributed by atoms with Crippen molar-refractivity contribution in [2.75, 3.05) is 5.32 Å². The monoisotopic (exact) mass is 400 g/mol. The molecule has 0 aliphatic heterocycles. The third kappa shape index (κ3) is 3.32. The van der Waals surface area contributed by atoms with E-state index in [1.165, 1.54) is 6.08 Å². The first-order valence-corrected chi connectivity index (χ1v) is 8.06. The van der Waals surface area contributed by atoms with Crippen LogP contribution in [-0.4, -0.2) is 15.3 Å². The molecule has 1 aromatic carbocycles. The van der Waals surface area contributed by atoms with E-state index in [4.69, 9.17) is 11.6 Å². The fraction of sp³-hybridized carbons (Fsp3) is 0. The summed E-state index contributed by atoms with van der Waals surface area (Å²) in [4.78, 5) is 16.6. The van der Waals surface area contributed by atoms with Gasteiger partial charge in [-0.05, 0) is 46.3 Å². The number of para-hydroxylation sites is 1. The third-order valence-electron chi connectivity index (χ3n) is 3.28. The molecule has 2 aromatic heterocycles. The molecule has 5 nitrogen and oxygen atoms in total. The molecular formula is C17H10BrClN4O. The van der Waals surface area contributed by atoms with E-state index in [1.807, 2.05) is 24.4 Å². The zero-order valence-corrected chi connectivity index (χ0v) is 14.5. The first-order chi connectivity index (χ1) is 11.6. The van der Waals surface area contributed by atoms with Crippen LogP contribution in [0.3, 0.4) is 0 Å². The molecule has 0 aliphatic carbocycles. The number of nitrogens with one attached hydrogen (secondary N) is 1. The van der Waals surface area contributed by atoms with Crippen LogP contribution in [0.2, 0.25) is 5.02 Å². The van der Waals surface area contributed by atoms with Crippen LogP contribution in [0, 0.1) is 11.3 Å². The number of carbonyl (C=O) groups is 1. The maximum Gasteiger partial charge on any atom is 0.266 e. The lowest BCUT2D eigenvalue weighted by molar-refractivity contribution is -0.112. The van der Waals surface area contributed by atoms with Crippen LogP contribution < -0.4 is 5.32 Å². The van der Waals surface area contributed by atoms with Gasteiger partial charge in [-0.1, -0.05) is 23.7 Å². The fourth-order valence-electron chi connectivity index (χ4n) is 2.13. The molecule has 7 heteroatoms. The van der Waals surface area contributed by atoms with Gasteiger partial charge in [0.1, 0.15) is 17.3 Å². The third-order valence-corrected chi connectivity index (χ3v) is 4.08. The second-order valence-electron chi connectivity index (χ2n) is 4.86. The number of nitrogens with zero attached hydrogens (tertiary/aromatic N) is 3. The van der Waals surface area contributed by atoms with E-state index in [-0.39, 0.29) is 5.57 Å². The van der Waals surface area contributed by atoms with Crippen molar-refractivity contribution in [2.24, 2.45) is 0 Å². The van der Waals surface area contributed by atoms with Crippen molar-refractivity contribution >= 4 is 50.8 Å². The van der Waals surface area contributed by atoms with E-state index < -0.39 is 5.91 Å². The van der Waals surface area contributed by atoms with Crippen LogP contribution in [-0.2, 0) is 4.79 Å². The molecule has 0 fully saturated rings. The van der Waals surface area contributed by atoms with Gasteiger partial charge in [0.2, 0.25) is 0 Å². The summed E-state index contributed by atoms with van der Waals surface area (Å²) in [5.41, 5.74) is 1.74. The summed E-state index contributed by atoms with van der Waals surface area (Å²) in [5, 5.41) is 12.4. The summed E-state index contributed by atoms with van der Waals surface area (Å²) in [5.74, 6) is -0.532. The zero-order chi connectivity index (χ0) is 17.1. The van der Waals surface area contributed by atoms with Gasteiger partial charge in [0, 0.05) is 10.7 Å². The van der Waals surface area contributed by atoms with Crippen molar-refractivity contribution in [1.82, 2.24) is 9.38 Å². The Bertz CT molecular complexity index is 1000. The van der Waals surface area contributed by atoms with Gasteiger partial charge in [0.25, 0.3) is 5.91 Å². The maximum atomic E-state index is 12.3. The molecule has 3 aromatic rings. The molecule has 0 saturated carbocycles. The summed E-state index contributed by atoms with van der Waals surface area (Å²) in [6, 6.07) is 12.4. The highest BCUT2D eigenvalue weighted by Gasteiger charge is 2.12. The summed E-state index contributed by atoms with van der Waals surface area (Å²) in [6.07, 6.45) is 4.90. The van der Waals surface area contributed by atoms with Crippen molar-refractivity contribution in [3.63, 3.8) is 0 Å². The molecule has 24 heavy (non-hydrogen) atoms. The Kier molecular flexibility index (Phi) is 4.65. The number of rotatable bonds is 3. The average molecular weight is 402 g/mol. The zero-order valence-electron chi connectivity index (χ0n) is 12.2. The quantitative estimate of drug-likeness (QED) is 0.525. The maximum absolute atomic E-state index is 12.3. The standard InChI is InChI=1S/C17H10BrClN4O/c18-12-5-6-16-21-9-13(23(16)10-12)7-11(8-20)17(24)22-15-4-2-1-3-14(15)19/h1-7,9-10H,(H,22,24). The summed E-state index contributed by atoms with van der Waals surface area (Å²) in [6.45, 7) is 0. The molecule has 0 unspecified atom stereocenters. The highest BCUT2D eigenvalue weighted by atomic mass is 79.9. The van der Waals surface area contributed by atoms with Crippen LogP contribution in [0.5, 0.6) is 0 Å². The van der Waals surface area contributed by atoms with Crippen molar-refractivity contribution in [3.8, 4) is 6.07 Å². The molecule has 1 amide bonds. The largest absolute Gasteiger partial charge is 0.320 e. The molecule has 1 N–H and O–H groups in total. The van der Waals surface area contributed by atoms with Gasteiger partial charge in [0.05, 0.1) is 22.6 Å². The van der Waals surface area contributed by atoms with Crippen molar-refractivity contribution in [2.45, 2.75) is 0 Å². The molecule has 0 bridgehead atoms. The van der Waals surface area contributed by atoms with Crippen LogP contribution in [0.4, 0.5) is 5.69 Å². The number of hydrogen-bond donors (Lipinski definition) is 1. The first-order valence-electron chi connectivity index (χ1n) is 6.89. The van der Waals surface area contributed by atoms with Crippen LogP contribution >= 0.6 is 27.5 Å². The van der Waals surface area contributed by atoms with Gasteiger partial charge in [-0.25, -0.2) is 4.98 Å². The van der Waals surface area contributed by atoms with Crippen LogP contribution in [0.1, 0.15) is 5.69 Å². The summed E-state index contributed by atoms with van der Waals surface area (Å²) >= 11 is 9.41. The topological polar surface area (TPSA) is 70.2 Å². The van der Waals surface area contributed by atoms with Crippen LogP contribution in [0.15, 0.2) is 58.8 Å². The molecule has 118 valence electrons. The van der Waals surface area contributed by atoms with Gasteiger partial charge in [0.15, 0.2) is 0 Å². The Balaban J connectivity index is 1.94. The number of amides is 1. The number of benzene rings is 1. The fourth-order valence-corrected chi connectivity index (χ4v) is 2.65. The van der Waals surface area contributed by atoms with Gasteiger partial charge in [-0.2, -0.15) is 5.26 Å². The highest BCUT2D eigenvalue weighted by Crippen LogP contribution is 2.21. The number of carbonyl (C=O) groups excluding carboxylic acids is 1. The Morgan fingerprint density at radius 2 is 2.12 bits per heavy atom. The number of anilines is 1. The molecular weight excluding hydrogens is 392 g/mol. The second kappa shape index (κ2) is 6.87. The van der Waals surface area contributed by atoms with E-state index in [0.29, 0.717) is 22.1 Å². The summed E-state index contributed by atoms with van der Waals surface area (Å²) < 4.78 is 2.64. The molecule has 2 heterocycles. The second-order valence-corrected chi connectivity index (χ2v) is 6.19. The lowest BCUT2D eigenvalue weighted by Crippen LogP contribution is -2.13. The van der Waals surface area contributed by atoms with E-state index in [2.05, 4.69) is 26.2 Å². The first kappa shape index (κ1) is 16.2. The van der Waals surface area contributed by atoms with Crippen LogP contribution in [0.25, 0.3) is 11.7 Å². The van der Waals surface area contributed by atoms with E-state index in [0.717, 1.165) is 4.47 Å². The highest BCUT2D eigenvalue weighted by molar-refractivity contribution is 9.10. The molecule has 0 atom stereocenters. The van der Waals surface area contributed by atoms with Crippen molar-refractivity contribution < 1.29 is 4.79 Å². The minimum absolute atomic E-state index is 0.0447. The lowest BCUT2D eigenvalue weighted by atomic mass is 10.2. The van der Waals surface area contributed by atoms with Crippen molar-refractivity contribution in [3.05, 3.63) is 69.6 Å². The smallest absolute Gasteiger partial charge is 0.266 e. The Hall–Kier alpha value is -2.62. The predicted molar refractivity (Wildman–Crippen MR) is 96.6 cm³/mol. The minimum Gasteiger partial charge on any atom is -0.320 e. The molecule has 0 saturated heterocycles. The minimum atomic E-state index is -0.532. The molecule has 0 aliphatic rings. The van der Waals surface area contributed by atoms with Crippen molar-refractivity contribution in [1.29, 1.82) is 5.26 Å². The van der Waals surface area contributed by atoms with E-state index in [1.54, 1.807) is 34.9 Å². The number of hydrogen-bond acceptors (Lipinski definition) is 3. The lowest BCUT2D eigenvalue weighted by Gasteiger charge is -2.06. The SMILES string of the molecule is N#CC(=Cc1cnc2ccc(Br)cn12)C(=O)Nc1ccccc1Cl. The van der Waals surface area contributed by atoms with Gasteiger partial charge in [-0.3, -0.25) is 9.20 Å². The molecule has 0 radical (unpaired) electrons. The number of imidazole rings is 1. The number of pyridine rings is 1. The van der Waals surface area contributed by atoms with E-state index >= 15 is 0 Å². The number of aromatic nitrogens is 2. The Morgan fingerprint density at radius 3 is 2.88 bits per heavy atom. The summed E-state index contributed by atoms with van der Waals surface area (Å²) in [7, 11) is 0. The number of halogens is 2. The number of nitriles is 1. The van der Waals surface area contributed by atoms with Gasteiger partial charge >= 0.3 is 0 Å². The molecule has 3 rings (SSSR count). The predicted octanol–water partition coefficient (Wildman–Crippen LogP) is 4.30. The Labute approximate surface area is 151 Å². The average Bonchev–Trinajstić information content (AvgIpc) is 2.96. The number of fused-ring (bicyclic) bond motifs is 1. The Morgan fingerprint density at radius 1 is 1.33 bits per heavy atom. The van der Waals surface area contributed by atoms with Gasteiger partial charge in [-0.15, -0.1) is 0 Å². The van der Waals surface area contributed by atoms with Gasteiger partial charge < -0.3 is 5.32 Å². The molecule has 0 spiro atoms. The van der Waals surface area contributed by atoms with E-state index in [9.17, 15) is 10.1 Å².